The van der Waals surface area contributed by atoms with Gasteiger partial charge in [-0.2, -0.15) is 0 Å². The zero-order valence-corrected chi connectivity index (χ0v) is 26.0. The van der Waals surface area contributed by atoms with Gasteiger partial charge in [0.1, 0.15) is 24.0 Å². The van der Waals surface area contributed by atoms with E-state index in [1.54, 1.807) is 24.3 Å². The van der Waals surface area contributed by atoms with E-state index in [4.69, 9.17) is 16.3 Å². The van der Waals surface area contributed by atoms with Crippen molar-refractivity contribution >= 4 is 44.8 Å². The van der Waals surface area contributed by atoms with Crippen molar-refractivity contribution in [2.45, 2.75) is 45.3 Å². The second kappa shape index (κ2) is 14.8. The predicted octanol–water partition coefficient (Wildman–Crippen LogP) is 4.58. The molecule has 3 rings (SSSR count). The highest BCUT2D eigenvalue weighted by atomic mass is 35.5. The molecular weight excluding hydrogens is 596 g/mol. The summed E-state index contributed by atoms with van der Waals surface area (Å²) < 4.78 is 32.2. The average molecular weight is 631 g/mol. The lowest BCUT2D eigenvalue weighted by molar-refractivity contribution is -0.384. The molecule has 0 radical (unpaired) electrons. The number of anilines is 1. The number of methoxy groups -OCH3 is 1. The third-order valence-corrected chi connectivity index (χ3v) is 8.39. The van der Waals surface area contributed by atoms with Gasteiger partial charge in [-0.25, -0.2) is 8.42 Å². The topological polar surface area (TPSA) is 139 Å². The highest BCUT2D eigenvalue weighted by molar-refractivity contribution is 7.92. The van der Waals surface area contributed by atoms with Crippen LogP contribution in [0.3, 0.4) is 0 Å². The number of carbonyl (C=O) groups is 2. The van der Waals surface area contributed by atoms with Crippen molar-refractivity contribution < 1.29 is 27.7 Å². The maximum Gasteiger partial charge on any atom is 0.271 e. The van der Waals surface area contributed by atoms with E-state index < -0.39 is 39.3 Å². The molecule has 13 heteroatoms. The summed E-state index contributed by atoms with van der Waals surface area (Å²) >= 11 is 6.46. The summed E-state index contributed by atoms with van der Waals surface area (Å²) in [5, 5.41) is 14.8. The summed E-state index contributed by atoms with van der Waals surface area (Å²) in [6.45, 7) is 2.90. The standard InChI is InChI=1S/C30H35ClN4O7S/c1-5-21(2)32-30(37)27(17-22-11-7-6-8-12-22)33(19-23-13-9-10-14-25(23)31)29(36)20-34(43(4,40)41)26-18-24(35(38)39)15-16-28(26)42-3/h6-16,18,21,27H,5,17,19-20H2,1-4H3,(H,32,37)/t21-,27+/m1/s1. The average Bonchev–Trinajstić information content (AvgIpc) is 2.97. The van der Waals surface area contributed by atoms with Gasteiger partial charge in [-0.3, -0.25) is 24.0 Å². The molecule has 0 aliphatic heterocycles. The number of non-ortho nitro benzene ring substituents is 1. The minimum atomic E-state index is -4.17. The Bertz CT molecular complexity index is 1550. The van der Waals surface area contributed by atoms with Gasteiger partial charge in [0.2, 0.25) is 21.8 Å². The Morgan fingerprint density at radius 3 is 2.30 bits per heavy atom. The summed E-state index contributed by atoms with van der Waals surface area (Å²) in [7, 11) is -2.89. The molecule has 230 valence electrons. The summed E-state index contributed by atoms with van der Waals surface area (Å²) in [5.41, 5.74) is 0.753. The van der Waals surface area contributed by atoms with Crippen LogP contribution in [-0.2, 0) is 32.6 Å². The van der Waals surface area contributed by atoms with Gasteiger partial charge in [0.15, 0.2) is 0 Å². The van der Waals surface area contributed by atoms with Crippen LogP contribution in [0, 0.1) is 10.1 Å². The van der Waals surface area contributed by atoms with Crippen LogP contribution in [0.25, 0.3) is 0 Å². The second-order valence-corrected chi connectivity index (χ2v) is 12.3. The van der Waals surface area contributed by atoms with E-state index in [1.165, 1.54) is 24.1 Å². The largest absolute Gasteiger partial charge is 0.495 e. The molecule has 3 aromatic rings. The molecule has 0 saturated carbocycles. The Kier molecular flexibility index (Phi) is 11.5. The number of sulfonamides is 1. The Balaban J connectivity index is 2.14. The normalized spacial score (nSPS) is 12.6. The minimum Gasteiger partial charge on any atom is -0.495 e. The fraction of sp³-hybridized carbons (Fsp3) is 0.333. The van der Waals surface area contributed by atoms with E-state index in [2.05, 4.69) is 5.32 Å². The van der Waals surface area contributed by atoms with E-state index in [0.717, 1.165) is 22.2 Å². The third kappa shape index (κ3) is 8.91. The number of nitro groups is 1. The van der Waals surface area contributed by atoms with Gasteiger partial charge in [-0.1, -0.05) is 67.1 Å². The number of hydrogen-bond donors (Lipinski definition) is 1. The third-order valence-electron chi connectivity index (χ3n) is 6.89. The molecule has 0 aliphatic rings. The molecular formula is C30H35ClN4O7S. The van der Waals surface area contributed by atoms with Gasteiger partial charge < -0.3 is 15.0 Å². The molecule has 0 bridgehead atoms. The van der Waals surface area contributed by atoms with Crippen LogP contribution in [0.15, 0.2) is 72.8 Å². The smallest absolute Gasteiger partial charge is 0.271 e. The van der Waals surface area contributed by atoms with E-state index in [0.29, 0.717) is 17.0 Å². The number of nitrogens with zero attached hydrogens (tertiary/aromatic N) is 3. The molecule has 0 spiro atoms. The van der Waals surface area contributed by atoms with Crippen molar-refractivity contribution in [2.24, 2.45) is 0 Å². The quantitative estimate of drug-likeness (QED) is 0.203. The predicted molar refractivity (Wildman–Crippen MR) is 166 cm³/mol. The van der Waals surface area contributed by atoms with Gasteiger partial charge in [0.05, 0.1) is 18.3 Å². The Morgan fingerprint density at radius 1 is 1.07 bits per heavy atom. The number of amides is 2. The van der Waals surface area contributed by atoms with Gasteiger partial charge >= 0.3 is 0 Å². The van der Waals surface area contributed by atoms with Crippen LogP contribution in [0.5, 0.6) is 5.75 Å². The van der Waals surface area contributed by atoms with E-state index in [-0.39, 0.29) is 36.1 Å². The van der Waals surface area contributed by atoms with Crippen molar-refractivity contribution in [3.05, 3.63) is 99.1 Å². The van der Waals surface area contributed by atoms with Crippen molar-refractivity contribution in [1.29, 1.82) is 0 Å². The van der Waals surface area contributed by atoms with Crippen molar-refractivity contribution in [2.75, 3.05) is 24.2 Å². The van der Waals surface area contributed by atoms with Crippen molar-refractivity contribution in [3.63, 3.8) is 0 Å². The molecule has 0 fully saturated rings. The molecule has 43 heavy (non-hydrogen) atoms. The molecule has 11 nitrogen and oxygen atoms in total. The Morgan fingerprint density at radius 2 is 1.72 bits per heavy atom. The molecule has 2 amide bonds. The number of rotatable bonds is 14. The first kappa shape index (κ1) is 33.3. The van der Waals surface area contributed by atoms with E-state index in [9.17, 15) is 28.1 Å². The lowest BCUT2D eigenvalue weighted by atomic mass is 10.0. The van der Waals surface area contributed by atoms with Gasteiger partial charge in [-0.15, -0.1) is 0 Å². The molecule has 1 N–H and O–H groups in total. The highest BCUT2D eigenvalue weighted by Crippen LogP contribution is 2.34. The first-order valence-electron chi connectivity index (χ1n) is 13.5. The highest BCUT2D eigenvalue weighted by Gasteiger charge is 2.34. The number of nitrogens with one attached hydrogen (secondary N) is 1. The lowest BCUT2D eigenvalue weighted by Gasteiger charge is -2.34. The summed E-state index contributed by atoms with van der Waals surface area (Å²) in [5.74, 6) is -1.13. The minimum absolute atomic E-state index is 0.0110. The van der Waals surface area contributed by atoms with E-state index >= 15 is 0 Å². The van der Waals surface area contributed by atoms with Crippen molar-refractivity contribution in [3.8, 4) is 5.75 Å². The van der Waals surface area contributed by atoms with Crippen LogP contribution in [-0.4, -0.2) is 62.0 Å². The number of hydrogen-bond acceptors (Lipinski definition) is 7. The zero-order valence-electron chi connectivity index (χ0n) is 24.4. The maximum absolute atomic E-state index is 14.2. The van der Waals surface area contributed by atoms with Crippen LogP contribution in [0.2, 0.25) is 5.02 Å². The molecule has 2 atom stereocenters. The zero-order chi connectivity index (χ0) is 31.7. The number of benzene rings is 3. The molecule has 0 aromatic heterocycles. The molecule has 0 aliphatic carbocycles. The first-order chi connectivity index (χ1) is 20.3. The summed E-state index contributed by atoms with van der Waals surface area (Å²) in [6, 6.07) is 18.2. The fourth-order valence-electron chi connectivity index (χ4n) is 4.39. The molecule has 0 saturated heterocycles. The number of halogens is 1. The molecule has 0 unspecified atom stereocenters. The SMILES string of the molecule is CC[C@@H](C)NC(=O)[C@H](Cc1ccccc1)N(Cc1ccccc1Cl)C(=O)CN(c1cc([N+](=O)[O-])ccc1OC)S(C)(=O)=O. The Labute approximate surface area is 256 Å². The number of nitro benzene ring substituents is 1. The summed E-state index contributed by atoms with van der Waals surface area (Å²) in [4.78, 5) is 40.1. The van der Waals surface area contributed by atoms with Gasteiger partial charge in [0, 0.05) is 36.2 Å². The van der Waals surface area contributed by atoms with Crippen LogP contribution < -0.4 is 14.4 Å². The van der Waals surface area contributed by atoms with Crippen LogP contribution in [0.4, 0.5) is 11.4 Å². The monoisotopic (exact) mass is 630 g/mol. The van der Waals surface area contributed by atoms with E-state index in [1.807, 2.05) is 44.2 Å². The second-order valence-electron chi connectivity index (χ2n) is 10.0. The van der Waals surface area contributed by atoms with Gasteiger partial charge in [-0.05, 0) is 36.6 Å². The van der Waals surface area contributed by atoms with Crippen molar-refractivity contribution in [1.82, 2.24) is 10.2 Å². The van der Waals surface area contributed by atoms with Crippen LogP contribution in [0.1, 0.15) is 31.4 Å². The molecule has 3 aromatic carbocycles. The Hall–Kier alpha value is -4.16. The fourth-order valence-corrected chi connectivity index (χ4v) is 5.43. The number of ether oxygens (including phenoxy) is 1. The van der Waals surface area contributed by atoms with Crippen LogP contribution >= 0.6 is 11.6 Å². The maximum atomic E-state index is 14.2. The summed E-state index contributed by atoms with van der Waals surface area (Å²) in [6.07, 6.45) is 1.67. The lowest BCUT2D eigenvalue weighted by Crippen LogP contribution is -2.54. The van der Waals surface area contributed by atoms with Gasteiger partial charge in [0.25, 0.3) is 5.69 Å². The first-order valence-corrected chi connectivity index (χ1v) is 15.8. The molecule has 0 heterocycles. The number of carbonyl (C=O) groups excluding carboxylic acids is 2.